The molecule has 1 aromatic carbocycles. The van der Waals surface area contributed by atoms with Crippen LogP contribution in [0.3, 0.4) is 0 Å². The fraction of sp³-hybridized carbons (Fsp3) is 0.421. The maximum absolute atomic E-state index is 12.1. The largest absolute Gasteiger partial charge is 0.465 e. The summed E-state index contributed by atoms with van der Waals surface area (Å²) in [5, 5.41) is 6.91. The molecule has 0 aliphatic carbocycles. The number of carbonyl (C=O) groups excluding carboxylic acids is 2. The Balaban J connectivity index is 1.46. The van der Waals surface area contributed by atoms with Gasteiger partial charge in [-0.1, -0.05) is 12.1 Å². The highest BCUT2D eigenvalue weighted by molar-refractivity contribution is 5.92. The van der Waals surface area contributed by atoms with Crippen LogP contribution in [-0.4, -0.2) is 53.3 Å². The summed E-state index contributed by atoms with van der Waals surface area (Å²) in [6.45, 7) is 2.22. The van der Waals surface area contributed by atoms with Gasteiger partial charge in [0.05, 0.1) is 31.1 Å². The zero-order chi connectivity index (χ0) is 18.5. The summed E-state index contributed by atoms with van der Waals surface area (Å²) in [6.07, 6.45) is 5.44. The van der Waals surface area contributed by atoms with Crippen LogP contribution in [-0.2, 0) is 23.0 Å². The molecular formula is C19H24N4O3. The lowest BCUT2D eigenvalue weighted by Gasteiger charge is -2.15. The van der Waals surface area contributed by atoms with Gasteiger partial charge in [-0.2, -0.15) is 5.10 Å². The van der Waals surface area contributed by atoms with Crippen molar-refractivity contribution in [3.63, 3.8) is 0 Å². The van der Waals surface area contributed by atoms with Gasteiger partial charge >= 0.3 is 5.97 Å². The number of nitrogens with zero attached hydrogens (tertiary/aromatic N) is 3. The van der Waals surface area contributed by atoms with Crippen LogP contribution in [0.4, 0.5) is 5.69 Å². The molecule has 0 bridgehead atoms. The second kappa shape index (κ2) is 8.14. The van der Waals surface area contributed by atoms with Crippen molar-refractivity contribution in [1.82, 2.24) is 14.7 Å². The van der Waals surface area contributed by atoms with E-state index in [2.05, 4.69) is 15.3 Å². The normalized spacial score (nSPS) is 17.2. The molecule has 1 N–H and O–H groups in total. The summed E-state index contributed by atoms with van der Waals surface area (Å²) in [7, 11) is 3.20. The van der Waals surface area contributed by atoms with Crippen molar-refractivity contribution < 1.29 is 14.3 Å². The fourth-order valence-electron chi connectivity index (χ4n) is 3.34. The summed E-state index contributed by atoms with van der Waals surface area (Å²) in [4.78, 5) is 25.8. The Bertz CT molecular complexity index is 769. The van der Waals surface area contributed by atoms with E-state index in [4.69, 9.17) is 4.74 Å². The molecule has 0 saturated carbocycles. The Kier molecular flexibility index (Phi) is 5.68. The number of ether oxygens (including phenoxy) is 1. The first-order valence-electron chi connectivity index (χ1n) is 8.71. The first-order chi connectivity index (χ1) is 12.5. The van der Waals surface area contributed by atoms with Crippen LogP contribution in [0.5, 0.6) is 0 Å². The number of nitrogens with one attached hydrogen (secondary N) is 1. The van der Waals surface area contributed by atoms with Gasteiger partial charge in [0.1, 0.15) is 0 Å². The van der Waals surface area contributed by atoms with Crippen LogP contribution in [0.25, 0.3) is 0 Å². The molecule has 0 radical (unpaired) electrons. The first-order valence-corrected chi connectivity index (χ1v) is 8.71. The van der Waals surface area contributed by atoms with Gasteiger partial charge in [-0.3, -0.25) is 14.4 Å². The standard InChI is InChI=1S/C19H24N4O3/c1-22-12-17(10-20-22)21-18(24)13-23-8-7-15(11-23)9-14-3-5-16(6-4-14)19(25)26-2/h3-6,10,12,15H,7-9,11,13H2,1-2H3,(H,21,24). The molecule has 1 aliphatic heterocycles. The minimum atomic E-state index is -0.316. The fourth-order valence-corrected chi connectivity index (χ4v) is 3.34. The van der Waals surface area contributed by atoms with Crippen molar-refractivity contribution in [3.05, 3.63) is 47.8 Å². The number of likely N-dealkylation sites (tertiary alicyclic amines) is 1. The molecule has 2 aromatic rings. The Morgan fingerprint density at radius 3 is 2.73 bits per heavy atom. The quantitative estimate of drug-likeness (QED) is 0.798. The minimum absolute atomic E-state index is 0.0129. The lowest BCUT2D eigenvalue weighted by atomic mass is 9.98. The number of methoxy groups -OCH3 is 1. The van der Waals surface area contributed by atoms with Crippen LogP contribution in [0, 0.1) is 5.92 Å². The number of aryl methyl sites for hydroxylation is 1. The molecule has 1 amide bonds. The number of aromatic nitrogens is 2. The van der Waals surface area contributed by atoms with Crippen molar-refractivity contribution in [1.29, 1.82) is 0 Å². The average Bonchev–Trinajstić information content (AvgIpc) is 3.23. The number of anilines is 1. The monoisotopic (exact) mass is 356 g/mol. The molecule has 1 fully saturated rings. The molecule has 1 aliphatic rings. The average molecular weight is 356 g/mol. The SMILES string of the molecule is COC(=O)c1ccc(CC2CCN(CC(=O)Nc3cnn(C)c3)C2)cc1. The summed E-state index contributed by atoms with van der Waals surface area (Å²) < 4.78 is 6.38. The number of esters is 1. The molecule has 2 heterocycles. The third-order valence-electron chi connectivity index (χ3n) is 4.63. The predicted molar refractivity (Wildman–Crippen MR) is 97.9 cm³/mol. The van der Waals surface area contributed by atoms with E-state index in [-0.39, 0.29) is 11.9 Å². The van der Waals surface area contributed by atoms with Gasteiger partial charge in [-0.25, -0.2) is 4.79 Å². The predicted octanol–water partition coefficient (Wildman–Crippen LogP) is 1.71. The van der Waals surface area contributed by atoms with Gasteiger partial charge in [-0.05, 0) is 43.0 Å². The maximum atomic E-state index is 12.1. The second-order valence-electron chi connectivity index (χ2n) is 6.73. The van der Waals surface area contributed by atoms with Crippen molar-refractivity contribution >= 4 is 17.6 Å². The van der Waals surface area contributed by atoms with Gasteiger partial charge in [0, 0.05) is 19.8 Å². The second-order valence-corrected chi connectivity index (χ2v) is 6.73. The summed E-state index contributed by atoms with van der Waals surface area (Å²) in [5.74, 6) is 0.189. The molecule has 1 saturated heterocycles. The van der Waals surface area contributed by atoms with Crippen molar-refractivity contribution in [2.75, 3.05) is 32.1 Å². The number of rotatable bonds is 6. The zero-order valence-electron chi connectivity index (χ0n) is 15.1. The third-order valence-corrected chi connectivity index (χ3v) is 4.63. The lowest BCUT2D eigenvalue weighted by Crippen LogP contribution is -2.31. The highest BCUT2D eigenvalue weighted by Crippen LogP contribution is 2.21. The molecule has 138 valence electrons. The minimum Gasteiger partial charge on any atom is -0.465 e. The van der Waals surface area contributed by atoms with Crippen molar-refractivity contribution in [3.8, 4) is 0 Å². The van der Waals surface area contributed by atoms with Crippen molar-refractivity contribution in [2.24, 2.45) is 13.0 Å². The van der Waals surface area contributed by atoms with Crippen LogP contribution in [0.1, 0.15) is 22.3 Å². The Morgan fingerprint density at radius 1 is 1.31 bits per heavy atom. The molecule has 3 rings (SSSR count). The smallest absolute Gasteiger partial charge is 0.337 e. The molecule has 1 unspecified atom stereocenters. The van der Waals surface area contributed by atoms with Crippen LogP contribution >= 0.6 is 0 Å². The van der Waals surface area contributed by atoms with Crippen LogP contribution in [0.15, 0.2) is 36.7 Å². The highest BCUT2D eigenvalue weighted by Gasteiger charge is 2.24. The molecule has 1 atom stereocenters. The van der Waals surface area contributed by atoms with E-state index in [0.29, 0.717) is 18.0 Å². The van der Waals surface area contributed by atoms with Crippen molar-refractivity contribution in [2.45, 2.75) is 12.8 Å². The maximum Gasteiger partial charge on any atom is 0.337 e. The Morgan fingerprint density at radius 2 is 2.08 bits per heavy atom. The molecule has 7 heteroatoms. The van der Waals surface area contributed by atoms with E-state index < -0.39 is 0 Å². The van der Waals surface area contributed by atoms with Gasteiger partial charge in [0.25, 0.3) is 0 Å². The third kappa shape index (κ3) is 4.70. The topological polar surface area (TPSA) is 76.5 Å². The van der Waals surface area contributed by atoms with E-state index in [0.717, 1.165) is 31.6 Å². The van der Waals surface area contributed by atoms with Gasteiger partial charge in [0.15, 0.2) is 0 Å². The Labute approximate surface area is 152 Å². The first kappa shape index (κ1) is 18.1. The van der Waals surface area contributed by atoms with Gasteiger partial charge in [0.2, 0.25) is 5.91 Å². The summed E-state index contributed by atoms with van der Waals surface area (Å²) in [6, 6.07) is 7.55. The van der Waals surface area contributed by atoms with E-state index in [9.17, 15) is 9.59 Å². The molecule has 0 spiro atoms. The Hall–Kier alpha value is -2.67. The van der Waals surface area contributed by atoms with E-state index in [1.165, 1.54) is 12.7 Å². The molecule has 26 heavy (non-hydrogen) atoms. The zero-order valence-corrected chi connectivity index (χ0v) is 15.1. The lowest BCUT2D eigenvalue weighted by molar-refractivity contribution is -0.117. The van der Waals surface area contributed by atoms with Crippen LogP contribution in [0.2, 0.25) is 0 Å². The summed E-state index contributed by atoms with van der Waals surface area (Å²) >= 11 is 0. The number of amides is 1. The summed E-state index contributed by atoms with van der Waals surface area (Å²) in [5.41, 5.74) is 2.49. The van der Waals surface area contributed by atoms with Gasteiger partial charge < -0.3 is 10.1 Å². The number of benzene rings is 1. The molecule has 7 nitrogen and oxygen atoms in total. The number of hydrogen-bond acceptors (Lipinski definition) is 5. The number of hydrogen-bond donors (Lipinski definition) is 1. The molecular weight excluding hydrogens is 332 g/mol. The highest BCUT2D eigenvalue weighted by atomic mass is 16.5. The number of carbonyl (C=O) groups is 2. The van der Waals surface area contributed by atoms with Gasteiger partial charge in [-0.15, -0.1) is 0 Å². The van der Waals surface area contributed by atoms with E-state index >= 15 is 0 Å². The van der Waals surface area contributed by atoms with E-state index in [1.807, 2.05) is 19.2 Å². The van der Waals surface area contributed by atoms with Crippen LogP contribution < -0.4 is 5.32 Å². The molecule has 1 aromatic heterocycles. The van der Waals surface area contributed by atoms with E-state index in [1.54, 1.807) is 29.2 Å².